The summed E-state index contributed by atoms with van der Waals surface area (Å²) in [6.07, 6.45) is 0.442. The highest BCUT2D eigenvalue weighted by atomic mass is 16.5. The molecule has 0 aromatic heterocycles. The van der Waals surface area contributed by atoms with E-state index in [1.54, 1.807) is 42.5 Å². The van der Waals surface area contributed by atoms with Gasteiger partial charge in [0.25, 0.3) is 11.8 Å². The molecular weight excluding hydrogens is 404 g/mol. The minimum atomic E-state index is -0.274. The number of anilines is 1. The van der Waals surface area contributed by atoms with Gasteiger partial charge in [-0.2, -0.15) is 0 Å². The molecule has 0 aliphatic rings. The van der Waals surface area contributed by atoms with Gasteiger partial charge in [0.1, 0.15) is 5.75 Å². The Kier molecular flexibility index (Phi) is 7.75. The molecule has 3 aromatic carbocycles. The predicted molar refractivity (Wildman–Crippen MR) is 124 cm³/mol. The van der Waals surface area contributed by atoms with Crippen molar-refractivity contribution in [3.05, 3.63) is 95.6 Å². The van der Waals surface area contributed by atoms with E-state index in [0.717, 1.165) is 5.56 Å². The van der Waals surface area contributed by atoms with Gasteiger partial charge in [0.05, 0.1) is 6.04 Å². The van der Waals surface area contributed by atoms with E-state index in [1.165, 1.54) is 0 Å². The molecule has 164 valence electrons. The molecule has 2 N–H and O–H groups in total. The lowest BCUT2D eigenvalue weighted by atomic mass is 10.1. The van der Waals surface area contributed by atoms with E-state index >= 15 is 0 Å². The van der Waals surface area contributed by atoms with Gasteiger partial charge in [-0.15, -0.1) is 0 Å². The fraction of sp³-hybridized carbons (Fsp3) is 0.192. The van der Waals surface area contributed by atoms with Crippen LogP contribution >= 0.6 is 0 Å². The van der Waals surface area contributed by atoms with Crippen molar-refractivity contribution in [1.82, 2.24) is 5.32 Å². The fourth-order valence-electron chi connectivity index (χ4n) is 3.14. The number of ketones is 1. The first-order valence-corrected chi connectivity index (χ1v) is 10.5. The molecule has 6 nitrogen and oxygen atoms in total. The van der Waals surface area contributed by atoms with E-state index < -0.39 is 0 Å². The van der Waals surface area contributed by atoms with Gasteiger partial charge in [-0.1, -0.05) is 37.3 Å². The summed E-state index contributed by atoms with van der Waals surface area (Å²) < 4.78 is 5.52. The van der Waals surface area contributed by atoms with Gasteiger partial charge in [0.15, 0.2) is 12.4 Å². The van der Waals surface area contributed by atoms with Crippen molar-refractivity contribution >= 4 is 23.3 Å². The Bertz CT molecular complexity index is 1080. The van der Waals surface area contributed by atoms with Crippen LogP contribution in [0.2, 0.25) is 0 Å². The standard InChI is InChI=1S/C26H26N2O4/c1-3-24(29)19-12-14-23(15-13-19)32-17-25(30)27-18(2)21-10-7-11-22(16-21)28-26(31)20-8-5-4-6-9-20/h4-16,18H,3,17H2,1-2H3,(H,27,30)(H,28,31). The molecule has 0 saturated heterocycles. The number of amides is 2. The van der Waals surface area contributed by atoms with Crippen LogP contribution in [0.4, 0.5) is 5.69 Å². The number of carbonyl (C=O) groups excluding carboxylic acids is 3. The lowest BCUT2D eigenvalue weighted by Gasteiger charge is -2.16. The maximum Gasteiger partial charge on any atom is 0.258 e. The number of hydrogen-bond acceptors (Lipinski definition) is 4. The summed E-state index contributed by atoms with van der Waals surface area (Å²) in [5.41, 5.74) is 2.70. The van der Waals surface area contributed by atoms with E-state index in [4.69, 9.17) is 4.74 Å². The van der Waals surface area contributed by atoms with Crippen molar-refractivity contribution in [3.63, 3.8) is 0 Å². The van der Waals surface area contributed by atoms with Crippen LogP contribution < -0.4 is 15.4 Å². The molecule has 0 heterocycles. The molecule has 0 fully saturated rings. The molecule has 6 heteroatoms. The molecule has 3 rings (SSSR count). The first-order chi connectivity index (χ1) is 15.5. The molecule has 2 amide bonds. The smallest absolute Gasteiger partial charge is 0.258 e. The van der Waals surface area contributed by atoms with Crippen molar-refractivity contribution in [2.24, 2.45) is 0 Å². The van der Waals surface area contributed by atoms with Crippen molar-refractivity contribution in [1.29, 1.82) is 0 Å². The third kappa shape index (κ3) is 6.28. The van der Waals surface area contributed by atoms with Crippen molar-refractivity contribution < 1.29 is 19.1 Å². The Hall–Kier alpha value is -3.93. The van der Waals surface area contributed by atoms with Gasteiger partial charge in [-0.25, -0.2) is 0 Å². The predicted octanol–water partition coefficient (Wildman–Crippen LogP) is 4.79. The molecule has 0 aliphatic carbocycles. The number of carbonyl (C=O) groups is 3. The third-order valence-corrected chi connectivity index (χ3v) is 4.93. The Labute approximate surface area is 187 Å². The zero-order valence-corrected chi connectivity index (χ0v) is 18.1. The maximum absolute atomic E-state index is 12.4. The van der Waals surface area contributed by atoms with E-state index in [1.807, 2.05) is 50.2 Å². The molecular formula is C26H26N2O4. The third-order valence-electron chi connectivity index (χ3n) is 4.93. The number of benzene rings is 3. The van der Waals surface area contributed by atoms with Crippen LogP contribution in [-0.4, -0.2) is 24.2 Å². The molecule has 32 heavy (non-hydrogen) atoms. The molecule has 0 bridgehead atoms. The molecule has 0 spiro atoms. The van der Waals surface area contributed by atoms with E-state index in [9.17, 15) is 14.4 Å². The highest BCUT2D eigenvalue weighted by Crippen LogP contribution is 2.19. The number of ether oxygens (including phenoxy) is 1. The van der Waals surface area contributed by atoms with E-state index in [-0.39, 0.29) is 30.2 Å². The Morgan fingerprint density at radius 1 is 0.875 bits per heavy atom. The second-order valence-electron chi connectivity index (χ2n) is 7.32. The van der Waals surface area contributed by atoms with Gasteiger partial charge in [-0.3, -0.25) is 14.4 Å². The second-order valence-corrected chi connectivity index (χ2v) is 7.32. The van der Waals surface area contributed by atoms with Crippen LogP contribution in [-0.2, 0) is 4.79 Å². The number of hydrogen-bond donors (Lipinski definition) is 2. The summed E-state index contributed by atoms with van der Waals surface area (Å²) in [5.74, 6) is 0.112. The SMILES string of the molecule is CCC(=O)c1ccc(OCC(=O)NC(C)c2cccc(NC(=O)c3ccccc3)c2)cc1. The van der Waals surface area contributed by atoms with Gasteiger partial charge < -0.3 is 15.4 Å². The highest BCUT2D eigenvalue weighted by Gasteiger charge is 2.12. The van der Waals surface area contributed by atoms with E-state index in [0.29, 0.717) is 29.0 Å². The number of nitrogens with one attached hydrogen (secondary N) is 2. The topological polar surface area (TPSA) is 84.5 Å². The monoisotopic (exact) mass is 430 g/mol. The van der Waals surface area contributed by atoms with Gasteiger partial charge >= 0.3 is 0 Å². The van der Waals surface area contributed by atoms with Crippen LogP contribution in [0.25, 0.3) is 0 Å². The highest BCUT2D eigenvalue weighted by molar-refractivity contribution is 6.04. The summed E-state index contributed by atoms with van der Waals surface area (Å²) in [5, 5.41) is 5.76. The molecule has 1 unspecified atom stereocenters. The summed E-state index contributed by atoms with van der Waals surface area (Å²) in [4.78, 5) is 36.3. The number of rotatable bonds is 9. The molecule has 0 radical (unpaired) electrons. The normalized spacial score (nSPS) is 11.3. The van der Waals surface area contributed by atoms with E-state index in [2.05, 4.69) is 10.6 Å². The fourth-order valence-corrected chi connectivity index (χ4v) is 3.14. The quantitative estimate of drug-likeness (QED) is 0.478. The largest absolute Gasteiger partial charge is 0.484 e. The summed E-state index contributed by atoms with van der Waals surface area (Å²) in [6.45, 7) is 3.53. The van der Waals surface area contributed by atoms with Gasteiger partial charge in [-0.05, 0) is 61.0 Å². The first kappa shape index (κ1) is 22.7. The zero-order valence-electron chi connectivity index (χ0n) is 18.1. The molecule has 3 aromatic rings. The van der Waals surface area contributed by atoms with Gasteiger partial charge in [0, 0.05) is 23.2 Å². The summed E-state index contributed by atoms with van der Waals surface area (Å²) in [6, 6.07) is 22.8. The van der Waals surface area contributed by atoms with Crippen LogP contribution in [0, 0.1) is 0 Å². The molecule has 0 saturated carbocycles. The lowest BCUT2D eigenvalue weighted by molar-refractivity contribution is -0.123. The summed E-state index contributed by atoms with van der Waals surface area (Å²) in [7, 11) is 0. The van der Waals surface area contributed by atoms with Crippen molar-refractivity contribution in [3.8, 4) is 5.75 Å². The van der Waals surface area contributed by atoms with Gasteiger partial charge in [0.2, 0.25) is 0 Å². The lowest BCUT2D eigenvalue weighted by Crippen LogP contribution is -2.31. The van der Waals surface area contributed by atoms with Crippen molar-refractivity contribution in [2.75, 3.05) is 11.9 Å². The molecule has 0 aliphatic heterocycles. The van der Waals surface area contributed by atoms with Crippen LogP contribution in [0.3, 0.4) is 0 Å². The number of Topliss-reactive ketones (excluding diaryl/α,β-unsaturated/α-hetero) is 1. The minimum Gasteiger partial charge on any atom is -0.484 e. The zero-order chi connectivity index (χ0) is 22.9. The average molecular weight is 431 g/mol. The maximum atomic E-state index is 12.4. The average Bonchev–Trinajstić information content (AvgIpc) is 2.83. The Morgan fingerprint density at radius 3 is 2.28 bits per heavy atom. The van der Waals surface area contributed by atoms with Crippen LogP contribution in [0.1, 0.15) is 52.6 Å². The first-order valence-electron chi connectivity index (χ1n) is 10.5. The van der Waals surface area contributed by atoms with Crippen molar-refractivity contribution in [2.45, 2.75) is 26.3 Å². The Balaban J connectivity index is 1.53. The minimum absolute atomic E-state index is 0.0605. The summed E-state index contributed by atoms with van der Waals surface area (Å²) >= 11 is 0. The van der Waals surface area contributed by atoms with Crippen LogP contribution in [0.15, 0.2) is 78.9 Å². The Morgan fingerprint density at radius 2 is 1.59 bits per heavy atom. The molecule has 1 atom stereocenters. The van der Waals surface area contributed by atoms with Crippen LogP contribution in [0.5, 0.6) is 5.75 Å². The second kappa shape index (κ2) is 10.9.